The molecule has 0 bridgehead atoms. The summed E-state index contributed by atoms with van der Waals surface area (Å²) in [6.07, 6.45) is 0. The van der Waals surface area contributed by atoms with Crippen LogP contribution in [0.4, 0.5) is 11.4 Å². The minimum Gasteiger partial charge on any atom is -0.368 e. The number of carbonyl (C=O) groups excluding carboxylic acids is 1. The molecule has 0 atom stereocenters. The average Bonchev–Trinajstić information content (AvgIpc) is 2.61. The topological polar surface area (TPSA) is 66.7 Å². The molecule has 1 amide bonds. The Labute approximate surface area is 154 Å². The first-order valence-electron chi connectivity index (χ1n) is 7.69. The maximum atomic E-state index is 12.7. The number of rotatable bonds is 3. The third-order valence-electron chi connectivity index (χ3n) is 4.13. The largest absolute Gasteiger partial charge is 0.368 e. The number of nitro groups is 1. The number of piperazine rings is 1. The second-order valence-electron chi connectivity index (χ2n) is 5.68. The fourth-order valence-corrected chi connectivity index (χ4v) is 3.18. The lowest BCUT2D eigenvalue weighted by atomic mass is 10.1. The molecular formula is C17H15Cl2N3O3. The first kappa shape index (κ1) is 17.5. The lowest BCUT2D eigenvalue weighted by Crippen LogP contribution is -2.48. The minimum absolute atomic E-state index is 0.148. The number of hydrogen-bond donors (Lipinski definition) is 0. The van der Waals surface area contributed by atoms with Crippen molar-refractivity contribution in [1.29, 1.82) is 0 Å². The van der Waals surface area contributed by atoms with Gasteiger partial charge in [-0.2, -0.15) is 0 Å². The summed E-state index contributed by atoms with van der Waals surface area (Å²) in [6, 6.07) is 11.5. The summed E-state index contributed by atoms with van der Waals surface area (Å²) < 4.78 is 0. The van der Waals surface area contributed by atoms with E-state index in [1.54, 1.807) is 4.90 Å². The van der Waals surface area contributed by atoms with Crippen molar-refractivity contribution in [3.63, 3.8) is 0 Å². The number of non-ortho nitro benzene ring substituents is 1. The molecule has 0 saturated carbocycles. The maximum Gasteiger partial charge on any atom is 0.270 e. The van der Waals surface area contributed by atoms with Crippen molar-refractivity contribution in [3.8, 4) is 0 Å². The van der Waals surface area contributed by atoms with E-state index in [0.29, 0.717) is 31.2 Å². The van der Waals surface area contributed by atoms with Crippen LogP contribution in [0.3, 0.4) is 0 Å². The molecule has 0 N–H and O–H groups in total. The Morgan fingerprint density at radius 1 is 1.04 bits per heavy atom. The monoisotopic (exact) mass is 379 g/mol. The van der Waals surface area contributed by atoms with Gasteiger partial charge >= 0.3 is 0 Å². The zero-order valence-electron chi connectivity index (χ0n) is 13.2. The molecule has 1 aliphatic rings. The van der Waals surface area contributed by atoms with E-state index >= 15 is 0 Å². The molecule has 2 aromatic rings. The Morgan fingerprint density at radius 3 is 2.40 bits per heavy atom. The zero-order chi connectivity index (χ0) is 18.0. The summed E-state index contributed by atoms with van der Waals surface area (Å²) in [6.45, 7) is 2.31. The van der Waals surface area contributed by atoms with E-state index in [4.69, 9.17) is 23.2 Å². The van der Waals surface area contributed by atoms with Crippen LogP contribution in [0.1, 0.15) is 10.4 Å². The summed E-state index contributed by atoms with van der Waals surface area (Å²) >= 11 is 12.1. The van der Waals surface area contributed by atoms with E-state index < -0.39 is 4.92 Å². The van der Waals surface area contributed by atoms with Crippen LogP contribution < -0.4 is 4.90 Å². The second kappa shape index (κ2) is 7.29. The number of halogens is 2. The van der Waals surface area contributed by atoms with Crippen LogP contribution in [0.2, 0.25) is 10.0 Å². The van der Waals surface area contributed by atoms with Crippen molar-refractivity contribution in [1.82, 2.24) is 4.90 Å². The van der Waals surface area contributed by atoms with Crippen molar-refractivity contribution < 1.29 is 9.72 Å². The fourth-order valence-electron chi connectivity index (χ4n) is 2.80. The molecule has 2 aromatic carbocycles. The van der Waals surface area contributed by atoms with Crippen LogP contribution >= 0.6 is 23.2 Å². The summed E-state index contributed by atoms with van der Waals surface area (Å²) in [7, 11) is 0. The van der Waals surface area contributed by atoms with Gasteiger partial charge in [0.15, 0.2) is 0 Å². The molecule has 1 fully saturated rings. The summed E-state index contributed by atoms with van der Waals surface area (Å²) in [4.78, 5) is 26.8. The van der Waals surface area contributed by atoms with Gasteiger partial charge in [-0.15, -0.1) is 0 Å². The van der Waals surface area contributed by atoms with Crippen LogP contribution in [-0.2, 0) is 0 Å². The summed E-state index contributed by atoms with van der Waals surface area (Å²) in [5.41, 5.74) is 1.02. The molecule has 1 aliphatic heterocycles. The molecule has 0 aromatic heterocycles. The van der Waals surface area contributed by atoms with Gasteiger partial charge in [0.1, 0.15) is 0 Å². The number of nitrogens with zero attached hydrogens (tertiary/aromatic N) is 3. The molecule has 130 valence electrons. The van der Waals surface area contributed by atoms with E-state index in [2.05, 4.69) is 4.90 Å². The maximum absolute atomic E-state index is 12.7. The van der Waals surface area contributed by atoms with Crippen LogP contribution in [-0.4, -0.2) is 41.9 Å². The summed E-state index contributed by atoms with van der Waals surface area (Å²) in [5.74, 6) is -0.292. The highest BCUT2D eigenvalue weighted by molar-refractivity contribution is 6.34. The lowest BCUT2D eigenvalue weighted by molar-refractivity contribution is -0.384. The van der Waals surface area contributed by atoms with Gasteiger partial charge in [-0.3, -0.25) is 14.9 Å². The van der Waals surface area contributed by atoms with Crippen molar-refractivity contribution >= 4 is 40.5 Å². The van der Waals surface area contributed by atoms with Gasteiger partial charge in [-0.25, -0.2) is 0 Å². The van der Waals surface area contributed by atoms with Gasteiger partial charge in [0.25, 0.3) is 11.6 Å². The van der Waals surface area contributed by atoms with Crippen molar-refractivity contribution in [2.24, 2.45) is 0 Å². The van der Waals surface area contributed by atoms with Gasteiger partial charge in [0.2, 0.25) is 0 Å². The molecule has 25 heavy (non-hydrogen) atoms. The van der Waals surface area contributed by atoms with E-state index in [-0.39, 0.29) is 22.2 Å². The molecule has 0 radical (unpaired) electrons. The van der Waals surface area contributed by atoms with E-state index in [9.17, 15) is 14.9 Å². The number of nitro benzene ring substituents is 1. The van der Waals surface area contributed by atoms with Gasteiger partial charge in [0.05, 0.1) is 15.5 Å². The van der Waals surface area contributed by atoms with Gasteiger partial charge in [0, 0.05) is 49.0 Å². The average molecular weight is 380 g/mol. The molecule has 1 saturated heterocycles. The number of hydrogen-bond acceptors (Lipinski definition) is 4. The highest BCUT2D eigenvalue weighted by Crippen LogP contribution is 2.25. The van der Waals surface area contributed by atoms with Crippen molar-refractivity contribution in [3.05, 3.63) is 68.2 Å². The predicted molar refractivity (Wildman–Crippen MR) is 97.7 cm³/mol. The highest BCUT2D eigenvalue weighted by Gasteiger charge is 2.25. The van der Waals surface area contributed by atoms with Crippen LogP contribution in [0, 0.1) is 10.1 Å². The molecule has 1 heterocycles. The zero-order valence-corrected chi connectivity index (χ0v) is 14.7. The first-order valence-corrected chi connectivity index (χ1v) is 8.45. The Bertz CT molecular complexity index is 821. The number of amides is 1. The molecule has 0 aliphatic carbocycles. The standard InChI is InChI=1S/C17H15Cl2N3O3/c18-12-2-1-3-13(10-12)20-6-8-21(9-7-20)17(23)15-11-14(22(24)25)4-5-16(15)19/h1-5,10-11H,6-9H2. The Morgan fingerprint density at radius 2 is 1.76 bits per heavy atom. The molecule has 0 spiro atoms. The predicted octanol–water partition coefficient (Wildman–Crippen LogP) is 3.86. The minimum atomic E-state index is -0.538. The fraction of sp³-hybridized carbons (Fsp3) is 0.235. The van der Waals surface area contributed by atoms with Gasteiger partial charge in [-0.1, -0.05) is 29.3 Å². The summed E-state index contributed by atoms with van der Waals surface area (Å²) in [5, 5.41) is 11.8. The molecule has 3 rings (SSSR count). The number of carbonyl (C=O) groups is 1. The van der Waals surface area contributed by atoms with Crippen LogP contribution in [0.25, 0.3) is 0 Å². The quantitative estimate of drug-likeness (QED) is 0.599. The van der Waals surface area contributed by atoms with Crippen molar-refractivity contribution in [2.45, 2.75) is 0 Å². The molecular weight excluding hydrogens is 365 g/mol. The van der Waals surface area contributed by atoms with Crippen LogP contribution in [0.15, 0.2) is 42.5 Å². The Kier molecular flexibility index (Phi) is 5.11. The van der Waals surface area contributed by atoms with E-state index in [0.717, 1.165) is 5.69 Å². The third kappa shape index (κ3) is 3.86. The van der Waals surface area contributed by atoms with Gasteiger partial charge in [-0.05, 0) is 24.3 Å². The number of benzene rings is 2. The first-order chi connectivity index (χ1) is 12.0. The SMILES string of the molecule is O=C(c1cc([N+](=O)[O-])ccc1Cl)N1CCN(c2cccc(Cl)c2)CC1. The third-order valence-corrected chi connectivity index (χ3v) is 4.70. The Hall–Kier alpha value is -2.31. The number of anilines is 1. The Balaban J connectivity index is 1.72. The molecule has 8 heteroatoms. The second-order valence-corrected chi connectivity index (χ2v) is 6.52. The lowest BCUT2D eigenvalue weighted by Gasteiger charge is -2.36. The molecule has 0 unspecified atom stereocenters. The van der Waals surface area contributed by atoms with E-state index in [1.807, 2.05) is 24.3 Å². The van der Waals surface area contributed by atoms with Gasteiger partial charge < -0.3 is 9.80 Å². The normalized spacial score (nSPS) is 14.5. The van der Waals surface area contributed by atoms with Crippen LogP contribution in [0.5, 0.6) is 0 Å². The van der Waals surface area contributed by atoms with E-state index in [1.165, 1.54) is 18.2 Å². The molecule has 6 nitrogen and oxygen atoms in total. The highest BCUT2D eigenvalue weighted by atomic mass is 35.5. The van der Waals surface area contributed by atoms with Crippen molar-refractivity contribution in [2.75, 3.05) is 31.1 Å². The smallest absolute Gasteiger partial charge is 0.270 e.